The lowest BCUT2D eigenvalue weighted by atomic mass is 10.0. The first-order chi connectivity index (χ1) is 13.2. The molecule has 1 aliphatic rings. The molecule has 2 aromatic heterocycles. The predicted octanol–water partition coefficient (Wildman–Crippen LogP) is 2.71. The normalized spacial score (nSPS) is 15.0. The van der Waals surface area contributed by atoms with Crippen molar-refractivity contribution in [3.05, 3.63) is 54.7 Å². The maximum absolute atomic E-state index is 14.4. The van der Waals surface area contributed by atoms with Crippen molar-refractivity contribution in [1.29, 1.82) is 0 Å². The molecule has 0 saturated carbocycles. The molecule has 4 rings (SSSR count). The van der Waals surface area contributed by atoms with Crippen molar-refractivity contribution in [2.75, 3.05) is 38.2 Å². The zero-order valence-corrected chi connectivity index (χ0v) is 14.7. The van der Waals surface area contributed by atoms with Crippen LogP contribution in [0.1, 0.15) is 0 Å². The molecule has 1 aromatic carbocycles. The maximum Gasteiger partial charge on any atom is 0.239 e. The summed E-state index contributed by atoms with van der Waals surface area (Å²) in [5, 5.41) is 4.29. The number of halogens is 1. The fraction of sp³-hybridized carbons (Fsp3) is 0.250. The van der Waals surface area contributed by atoms with Gasteiger partial charge in [-0.3, -0.25) is 14.7 Å². The van der Waals surface area contributed by atoms with Crippen molar-refractivity contribution in [2.24, 2.45) is 0 Å². The lowest BCUT2D eigenvalue weighted by Gasteiger charge is -2.25. The molecule has 1 amide bonds. The van der Waals surface area contributed by atoms with E-state index in [9.17, 15) is 9.18 Å². The second-order valence-corrected chi connectivity index (χ2v) is 6.43. The number of morpholine rings is 1. The Morgan fingerprint density at radius 1 is 1.19 bits per heavy atom. The number of nitrogens with one attached hydrogen (secondary N) is 1. The summed E-state index contributed by atoms with van der Waals surface area (Å²) in [6, 6.07) is 8.53. The number of hydrogen-bond acceptors (Lipinski definition) is 5. The number of rotatable bonds is 4. The molecule has 0 atom stereocenters. The minimum absolute atomic E-state index is 0.127. The quantitative estimate of drug-likeness (QED) is 0.769. The standard InChI is InChI=1S/C20H19FN4O2/c21-18-9-16-12-23-19(24-20(26)13-25-4-6-27-7-5-25)10-15(16)8-17(18)14-2-1-3-22-11-14/h1-3,8-12H,4-7,13H2,(H,23,24,26). The number of nitrogens with zero attached hydrogens (tertiary/aromatic N) is 3. The van der Waals surface area contributed by atoms with E-state index in [4.69, 9.17) is 4.74 Å². The van der Waals surface area contributed by atoms with E-state index in [2.05, 4.69) is 15.3 Å². The second kappa shape index (κ2) is 7.77. The largest absolute Gasteiger partial charge is 0.379 e. The summed E-state index contributed by atoms with van der Waals surface area (Å²) in [4.78, 5) is 22.6. The highest BCUT2D eigenvalue weighted by molar-refractivity contribution is 5.94. The lowest BCUT2D eigenvalue weighted by Crippen LogP contribution is -2.41. The Labute approximate surface area is 156 Å². The van der Waals surface area contributed by atoms with Gasteiger partial charge < -0.3 is 10.1 Å². The van der Waals surface area contributed by atoms with Gasteiger partial charge in [-0.15, -0.1) is 0 Å². The van der Waals surface area contributed by atoms with E-state index in [0.717, 1.165) is 18.5 Å². The molecule has 3 heterocycles. The summed E-state index contributed by atoms with van der Waals surface area (Å²) in [7, 11) is 0. The van der Waals surface area contributed by atoms with Gasteiger partial charge in [0.1, 0.15) is 11.6 Å². The van der Waals surface area contributed by atoms with E-state index in [1.54, 1.807) is 36.8 Å². The van der Waals surface area contributed by atoms with Crippen LogP contribution >= 0.6 is 0 Å². The molecule has 1 saturated heterocycles. The third kappa shape index (κ3) is 4.10. The van der Waals surface area contributed by atoms with Crippen molar-refractivity contribution < 1.29 is 13.9 Å². The third-order valence-corrected chi connectivity index (χ3v) is 4.52. The van der Waals surface area contributed by atoms with Crippen LogP contribution in [0.3, 0.4) is 0 Å². The van der Waals surface area contributed by atoms with Crippen molar-refractivity contribution in [3.63, 3.8) is 0 Å². The minimum Gasteiger partial charge on any atom is -0.379 e. The number of aromatic nitrogens is 2. The zero-order valence-electron chi connectivity index (χ0n) is 14.7. The average Bonchev–Trinajstić information content (AvgIpc) is 2.69. The number of anilines is 1. The molecule has 3 aromatic rings. The minimum atomic E-state index is -0.332. The predicted molar refractivity (Wildman–Crippen MR) is 101 cm³/mol. The SMILES string of the molecule is O=C(CN1CCOCC1)Nc1cc2cc(-c3cccnc3)c(F)cc2cn1. The summed E-state index contributed by atoms with van der Waals surface area (Å²) < 4.78 is 19.7. The Kier molecular flexibility index (Phi) is 5.04. The van der Waals surface area contributed by atoms with Gasteiger partial charge in [0.25, 0.3) is 0 Å². The van der Waals surface area contributed by atoms with Gasteiger partial charge >= 0.3 is 0 Å². The number of hydrogen-bond donors (Lipinski definition) is 1. The maximum atomic E-state index is 14.4. The van der Waals surface area contributed by atoms with Gasteiger partial charge in [-0.05, 0) is 29.7 Å². The topological polar surface area (TPSA) is 67.3 Å². The number of fused-ring (bicyclic) bond motifs is 1. The van der Waals surface area contributed by atoms with Gasteiger partial charge in [-0.2, -0.15) is 0 Å². The van der Waals surface area contributed by atoms with Crippen LogP contribution in [-0.2, 0) is 9.53 Å². The molecule has 1 N–H and O–H groups in total. The molecular weight excluding hydrogens is 347 g/mol. The van der Waals surface area contributed by atoms with Crippen LogP contribution < -0.4 is 5.32 Å². The van der Waals surface area contributed by atoms with Crippen LogP contribution in [-0.4, -0.2) is 53.6 Å². The van der Waals surface area contributed by atoms with Crippen LogP contribution in [0, 0.1) is 5.82 Å². The first-order valence-corrected chi connectivity index (χ1v) is 8.79. The van der Waals surface area contributed by atoms with Gasteiger partial charge in [0.2, 0.25) is 5.91 Å². The molecule has 27 heavy (non-hydrogen) atoms. The third-order valence-electron chi connectivity index (χ3n) is 4.52. The number of benzene rings is 1. The number of pyridine rings is 2. The van der Waals surface area contributed by atoms with Gasteiger partial charge in [-0.1, -0.05) is 6.07 Å². The Balaban J connectivity index is 1.56. The Bertz CT molecular complexity index is 959. The van der Waals surface area contributed by atoms with E-state index < -0.39 is 0 Å². The summed E-state index contributed by atoms with van der Waals surface area (Å²) in [6.45, 7) is 3.07. The summed E-state index contributed by atoms with van der Waals surface area (Å²) >= 11 is 0. The lowest BCUT2D eigenvalue weighted by molar-refractivity contribution is -0.118. The molecule has 0 spiro atoms. The van der Waals surface area contributed by atoms with E-state index in [0.29, 0.717) is 42.1 Å². The monoisotopic (exact) mass is 366 g/mol. The van der Waals surface area contributed by atoms with Gasteiger partial charge in [0.05, 0.1) is 19.8 Å². The number of carbonyl (C=O) groups excluding carboxylic acids is 1. The molecule has 7 heteroatoms. The molecule has 1 aliphatic heterocycles. The van der Waals surface area contributed by atoms with E-state index in [-0.39, 0.29) is 11.7 Å². The first kappa shape index (κ1) is 17.5. The molecule has 1 fully saturated rings. The van der Waals surface area contributed by atoms with Crippen molar-refractivity contribution in [2.45, 2.75) is 0 Å². The molecule has 0 bridgehead atoms. The van der Waals surface area contributed by atoms with Gasteiger partial charge in [0.15, 0.2) is 0 Å². The Morgan fingerprint density at radius 3 is 2.81 bits per heavy atom. The Morgan fingerprint density at radius 2 is 2.04 bits per heavy atom. The molecule has 138 valence electrons. The fourth-order valence-corrected chi connectivity index (χ4v) is 3.12. The molecular formula is C20H19FN4O2. The van der Waals surface area contributed by atoms with Crippen LogP contribution in [0.4, 0.5) is 10.2 Å². The molecule has 0 radical (unpaired) electrons. The van der Waals surface area contributed by atoms with Crippen LogP contribution in [0.2, 0.25) is 0 Å². The average molecular weight is 366 g/mol. The van der Waals surface area contributed by atoms with Gasteiger partial charge in [-0.25, -0.2) is 9.37 Å². The number of amides is 1. The van der Waals surface area contributed by atoms with Crippen molar-refractivity contribution in [3.8, 4) is 11.1 Å². The molecule has 6 nitrogen and oxygen atoms in total. The smallest absolute Gasteiger partial charge is 0.239 e. The summed E-state index contributed by atoms with van der Waals surface area (Å²) in [5.41, 5.74) is 1.17. The summed E-state index contributed by atoms with van der Waals surface area (Å²) in [5.74, 6) is -0.00995. The van der Waals surface area contributed by atoms with Crippen molar-refractivity contribution in [1.82, 2.24) is 14.9 Å². The second-order valence-electron chi connectivity index (χ2n) is 6.43. The summed E-state index contributed by atoms with van der Waals surface area (Å²) in [6.07, 6.45) is 4.83. The fourth-order valence-electron chi connectivity index (χ4n) is 3.12. The number of ether oxygens (including phenoxy) is 1. The first-order valence-electron chi connectivity index (χ1n) is 8.79. The highest BCUT2D eigenvalue weighted by Crippen LogP contribution is 2.28. The highest BCUT2D eigenvalue weighted by Gasteiger charge is 2.15. The van der Waals surface area contributed by atoms with E-state index in [1.165, 1.54) is 6.07 Å². The van der Waals surface area contributed by atoms with Crippen LogP contribution in [0.25, 0.3) is 21.9 Å². The zero-order chi connectivity index (χ0) is 18.6. The van der Waals surface area contributed by atoms with E-state index in [1.807, 2.05) is 11.0 Å². The van der Waals surface area contributed by atoms with Crippen LogP contribution in [0.5, 0.6) is 0 Å². The van der Waals surface area contributed by atoms with E-state index >= 15 is 0 Å². The highest BCUT2D eigenvalue weighted by atomic mass is 19.1. The van der Waals surface area contributed by atoms with Crippen LogP contribution in [0.15, 0.2) is 48.9 Å². The Hall–Kier alpha value is -2.90. The van der Waals surface area contributed by atoms with Gasteiger partial charge in [0, 0.05) is 48.2 Å². The van der Waals surface area contributed by atoms with Crippen molar-refractivity contribution >= 4 is 22.5 Å². The molecule has 0 unspecified atom stereocenters. The number of carbonyl (C=O) groups is 1. The molecule has 0 aliphatic carbocycles.